The fourth-order valence-electron chi connectivity index (χ4n) is 2.50. The first kappa shape index (κ1) is 12.6. The van der Waals surface area contributed by atoms with Gasteiger partial charge in [0.25, 0.3) is 0 Å². The predicted octanol–water partition coefficient (Wildman–Crippen LogP) is 2.35. The third-order valence-corrected chi connectivity index (χ3v) is 5.50. The molecule has 0 fully saturated rings. The topological polar surface area (TPSA) is 37.4 Å². The summed E-state index contributed by atoms with van der Waals surface area (Å²) >= 11 is 0. The Morgan fingerprint density at radius 1 is 1.35 bits per heavy atom. The van der Waals surface area contributed by atoms with Crippen molar-refractivity contribution in [3.63, 3.8) is 0 Å². The molecular formula is C13H19NO2S. The lowest BCUT2D eigenvalue weighted by molar-refractivity contribution is 0.326. The zero-order valence-corrected chi connectivity index (χ0v) is 11.2. The summed E-state index contributed by atoms with van der Waals surface area (Å²) in [5.74, 6) is 0.250. The van der Waals surface area contributed by atoms with E-state index in [9.17, 15) is 8.42 Å². The van der Waals surface area contributed by atoms with Crippen LogP contribution in [0.15, 0.2) is 24.3 Å². The molecule has 1 atom stereocenters. The monoisotopic (exact) mass is 253 g/mol. The summed E-state index contributed by atoms with van der Waals surface area (Å²) in [6.45, 7) is 4.49. The summed E-state index contributed by atoms with van der Waals surface area (Å²) < 4.78 is 25.9. The third-order valence-electron chi connectivity index (χ3n) is 3.36. The van der Waals surface area contributed by atoms with E-state index in [0.717, 1.165) is 12.0 Å². The van der Waals surface area contributed by atoms with Crippen molar-refractivity contribution in [2.45, 2.75) is 32.7 Å². The fraction of sp³-hybridized carbons (Fsp3) is 0.538. The van der Waals surface area contributed by atoms with E-state index in [4.69, 9.17) is 0 Å². The van der Waals surface area contributed by atoms with Crippen molar-refractivity contribution in [3.8, 4) is 0 Å². The molecule has 1 unspecified atom stereocenters. The van der Waals surface area contributed by atoms with Crippen LogP contribution in [0.3, 0.4) is 0 Å². The Kier molecular flexibility index (Phi) is 3.54. The molecule has 0 aromatic heterocycles. The van der Waals surface area contributed by atoms with Crippen LogP contribution in [0.5, 0.6) is 0 Å². The summed E-state index contributed by atoms with van der Waals surface area (Å²) in [6.07, 6.45) is 1.50. The molecule has 3 nitrogen and oxygen atoms in total. The molecule has 2 rings (SSSR count). The average molecular weight is 253 g/mol. The quantitative estimate of drug-likeness (QED) is 0.829. The summed E-state index contributed by atoms with van der Waals surface area (Å²) in [5.41, 5.74) is 2.43. The number of rotatable bonds is 3. The van der Waals surface area contributed by atoms with Gasteiger partial charge in [-0.05, 0) is 30.9 Å². The van der Waals surface area contributed by atoms with E-state index in [2.05, 4.69) is 6.07 Å². The van der Waals surface area contributed by atoms with Gasteiger partial charge in [0, 0.05) is 12.6 Å². The van der Waals surface area contributed by atoms with Crippen molar-refractivity contribution >= 4 is 10.0 Å². The molecule has 0 aliphatic carbocycles. The van der Waals surface area contributed by atoms with Gasteiger partial charge in [-0.1, -0.05) is 31.2 Å². The molecule has 0 spiro atoms. The van der Waals surface area contributed by atoms with Crippen molar-refractivity contribution in [3.05, 3.63) is 35.4 Å². The first-order valence-corrected chi connectivity index (χ1v) is 7.74. The van der Waals surface area contributed by atoms with E-state index >= 15 is 0 Å². The third kappa shape index (κ3) is 2.38. The lowest BCUT2D eigenvalue weighted by Crippen LogP contribution is -2.39. The minimum atomic E-state index is -3.09. The molecule has 1 aliphatic rings. The fourth-order valence-corrected chi connectivity index (χ4v) is 4.22. The smallest absolute Gasteiger partial charge is 0.212 e. The van der Waals surface area contributed by atoms with Gasteiger partial charge in [-0.25, -0.2) is 8.42 Å². The van der Waals surface area contributed by atoms with Gasteiger partial charge in [-0.15, -0.1) is 0 Å². The highest BCUT2D eigenvalue weighted by Crippen LogP contribution is 2.31. The lowest BCUT2D eigenvalue weighted by Gasteiger charge is -2.34. The molecule has 0 saturated carbocycles. The van der Waals surface area contributed by atoms with Crippen LogP contribution >= 0.6 is 0 Å². The first-order valence-electron chi connectivity index (χ1n) is 6.13. The number of sulfonamides is 1. The van der Waals surface area contributed by atoms with Gasteiger partial charge in [0.05, 0.1) is 5.75 Å². The van der Waals surface area contributed by atoms with Gasteiger partial charge in [-0.3, -0.25) is 0 Å². The van der Waals surface area contributed by atoms with Crippen LogP contribution in [0, 0.1) is 0 Å². The maximum absolute atomic E-state index is 12.1. The highest BCUT2D eigenvalue weighted by molar-refractivity contribution is 7.89. The summed E-state index contributed by atoms with van der Waals surface area (Å²) in [5, 5.41) is 0. The van der Waals surface area contributed by atoms with E-state index in [1.165, 1.54) is 5.56 Å². The zero-order chi connectivity index (χ0) is 12.5. The largest absolute Gasteiger partial charge is 0.214 e. The van der Waals surface area contributed by atoms with Crippen molar-refractivity contribution in [1.82, 2.24) is 4.31 Å². The van der Waals surface area contributed by atoms with Gasteiger partial charge in [0.15, 0.2) is 0 Å². The molecule has 0 N–H and O–H groups in total. The maximum atomic E-state index is 12.1. The molecule has 4 heteroatoms. The van der Waals surface area contributed by atoms with Crippen LogP contribution in [0.2, 0.25) is 0 Å². The second-order valence-electron chi connectivity index (χ2n) is 4.55. The average Bonchev–Trinajstić information content (AvgIpc) is 2.29. The molecule has 0 bridgehead atoms. The van der Waals surface area contributed by atoms with E-state index in [0.29, 0.717) is 13.0 Å². The highest BCUT2D eigenvalue weighted by atomic mass is 32.2. The molecule has 1 heterocycles. The SMILES string of the molecule is CCCS(=O)(=O)N1CCc2ccccc2C1C. The molecule has 1 aromatic rings. The van der Waals surface area contributed by atoms with Crippen LogP contribution in [0.25, 0.3) is 0 Å². The molecule has 17 heavy (non-hydrogen) atoms. The Hall–Kier alpha value is -0.870. The van der Waals surface area contributed by atoms with Crippen LogP contribution in [0.1, 0.15) is 37.4 Å². The van der Waals surface area contributed by atoms with Crippen LogP contribution in [-0.4, -0.2) is 25.0 Å². The Balaban J connectivity index is 2.32. The second kappa shape index (κ2) is 4.78. The molecule has 94 valence electrons. The van der Waals surface area contributed by atoms with Crippen molar-refractivity contribution < 1.29 is 8.42 Å². The van der Waals surface area contributed by atoms with Gasteiger partial charge < -0.3 is 0 Å². The molecular weight excluding hydrogens is 234 g/mol. The van der Waals surface area contributed by atoms with Gasteiger partial charge in [-0.2, -0.15) is 4.31 Å². The van der Waals surface area contributed by atoms with E-state index < -0.39 is 10.0 Å². The van der Waals surface area contributed by atoms with Crippen LogP contribution in [-0.2, 0) is 16.4 Å². The van der Waals surface area contributed by atoms with Crippen LogP contribution < -0.4 is 0 Å². The molecule has 1 aromatic carbocycles. The number of benzene rings is 1. The van der Waals surface area contributed by atoms with Crippen molar-refractivity contribution in [1.29, 1.82) is 0 Å². The number of nitrogens with zero attached hydrogens (tertiary/aromatic N) is 1. The van der Waals surface area contributed by atoms with Gasteiger partial charge in [0.1, 0.15) is 0 Å². The highest BCUT2D eigenvalue weighted by Gasteiger charge is 2.31. The minimum absolute atomic E-state index is 0.0310. The maximum Gasteiger partial charge on any atom is 0.214 e. The number of fused-ring (bicyclic) bond motifs is 1. The Morgan fingerprint density at radius 2 is 2.06 bits per heavy atom. The lowest BCUT2D eigenvalue weighted by atomic mass is 9.96. The normalized spacial score (nSPS) is 21.2. The van der Waals surface area contributed by atoms with Gasteiger partial charge in [0.2, 0.25) is 10.0 Å². The van der Waals surface area contributed by atoms with E-state index in [-0.39, 0.29) is 11.8 Å². The predicted molar refractivity (Wildman–Crippen MR) is 69.3 cm³/mol. The minimum Gasteiger partial charge on any atom is -0.212 e. The summed E-state index contributed by atoms with van der Waals surface area (Å²) in [6, 6.07) is 8.09. The molecule has 0 saturated heterocycles. The van der Waals surface area contributed by atoms with E-state index in [1.54, 1.807) is 4.31 Å². The van der Waals surface area contributed by atoms with Crippen molar-refractivity contribution in [2.24, 2.45) is 0 Å². The first-order chi connectivity index (χ1) is 8.06. The molecule has 1 aliphatic heterocycles. The number of hydrogen-bond donors (Lipinski definition) is 0. The molecule has 0 radical (unpaired) electrons. The second-order valence-corrected chi connectivity index (χ2v) is 6.59. The van der Waals surface area contributed by atoms with Crippen LogP contribution in [0.4, 0.5) is 0 Å². The Labute approximate surface area is 104 Å². The zero-order valence-electron chi connectivity index (χ0n) is 10.4. The molecule has 0 amide bonds. The Morgan fingerprint density at radius 3 is 2.76 bits per heavy atom. The van der Waals surface area contributed by atoms with E-state index in [1.807, 2.05) is 32.0 Å². The van der Waals surface area contributed by atoms with Gasteiger partial charge >= 0.3 is 0 Å². The number of hydrogen-bond acceptors (Lipinski definition) is 2. The summed E-state index contributed by atoms with van der Waals surface area (Å²) in [7, 11) is -3.09. The van der Waals surface area contributed by atoms with Crippen molar-refractivity contribution in [2.75, 3.05) is 12.3 Å². The Bertz CT molecular complexity index is 496. The summed E-state index contributed by atoms with van der Waals surface area (Å²) in [4.78, 5) is 0. The standard InChI is InChI=1S/C13H19NO2S/c1-3-10-17(15,16)14-9-8-12-6-4-5-7-13(12)11(14)2/h4-7,11H,3,8-10H2,1-2H3.